The molecule has 2 atom stereocenters. The highest BCUT2D eigenvalue weighted by Gasteiger charge is 2.33. The second-order valence-electron chi connectivity index (χ2n) is 6.98. The van der Waals surface area contributed by atoms with Crippen LogP contribution < -0.4 is 5.32 Å². The van der Waals surface area contributed by atoms with E-state index in [0.717, 1.165) is 24.7 Å². The fraction of sp³-hybridized carbons (Fsp3) is 0.867. The molecule has 0 radical (unpaired) electrons. The zero-order chi connectivity index (χ0) is 14.2. The van der Waals surface area contributed by atoms with E-state index in [1.807, 2.05) is 0 Å². The Morgan fingerprint density at radius 2 is 2.05 bits per heavy atom. The first-order chi connectivity index (χ1) is 9.57. The summed E-state index contributed by atoms with van der Waals surface area (Å²) in [6.07, 6.45) is 6.00. The van der Waals surface area contributed by atoms with E-state index in [9.17, 15) is 0 Å². The Morgan fingerprint density at radius 3 is 2.70 bits per heavy atom. The topological polar surface area (TPSA) is 60.2 Å². The number of methoxy groups -OCH3 is 1. The summed E-state index contributed by atoms with van der Waals surface area (Å²) in [7, 11) is 1.75. The van der Waals surface area contributed by atoms with Gasteiger partial charge in [0, 0.05) is 19.6 Å². The van der Waals surface area contributed by atoms with Gasteiger partial charge in [0.1, 0.15) is 0 Å². The average Bonchev–Trinajstić information content (AvgIpc) is 3.07. The van der Waals surface area contributed by atoms with Gasteiger partial charge in [0.25, 0.3) is 0 Å². The van der Waals surface area contributed by atoms with Gasteiger partial charge in [-0.3, -0.25) is 0 Å². The Balaban J connectivity index is 1.63. The molecule has 1 saturated heterocycles. The van der Waals surface area contributed by atoms with Crippen molar-refractivity contribution in [1.29, 1.82) is 0 Å². The molecule has 5 heteroatoms. The summed E-state index contributed by atoms with van der Waals surface area (Å²) < 4.78 is 10.8. The summed E-state index contributed by atoms with van der Waals surface area (Å²) in [6, 6.07) is 0.154. The minimum Gasteiger partial charge on any atom is -0.380 e. The van der Waals surface area contributed by atoms with Gasteiger partial charge < -0.3 is 14.6 Å². The molecule has 2 aliphatic rings. The second-order valence-corrected chi connectivity index (χ2v) is 6.98. The Kier molecular flexibility index (Phi) is 3.82. The lowest BCUT2D eigenvalue weighted by atomic mass is 9.73. The predicted molar refractivity (Wildman–Crippen MR) is 75.4 cm³/mol. The Labute approximate surface area is 120 Å². The van der Waals surface area contributed by atoms with E-state index in [1.54, 1.807) is 7.11 Å². The van der Waals surface area contributed by atoms with Crippen LogP contribution in [0.15, 0.2) is 4.52 Å². The normalized spacial score (nSPS) is 30.8. The Bertz CT molecular complexity index is 448. The van der Waals surface area contributed by atoms with Crippen molar-refractivity contribution in [3.63, 3.8) is 0 Å². The van der Waals surface area contributed by atoms with Gasteiger partial charge in [-0.15, -0.1) is 0 Å². The third kappa shape index (κ3) is 2.88. The molecule has 1 aromatic rings. The van der Waals surface area contributed by atoms with Gasteiger partial charge in [-0.1, -0.05) is 19.0 Å². The van der Waals surface area contributed by atoms with Crippen LogP contribution in [-0.4, -0.2) is 29.9 Å². The zero-order valence-electron chi connectivity index (χ0n) is 12.7. The standard InChI is InChI=1S/C15H25N3O2/c1-15(2)6-4-10(5-7-15)13-17-14(20-18-13)12-8-11(19-3)9-16-12/h10-12,16H,4-9H2,1-3H3/t11-,12+/m0/s1. The smallest absolute Gasteiger partial charge is 0.243 e. The summed E-state index contributed by atoms with van der Waals surface area (Å²) in [4.78, 5) is 4.64. The van der Waals surface area contributed by atoms with E-state index >= 15 is 0 Å². The van der Waals surface area contributed by atoms with E-state index in [0.29, 0.717) is 11.3 Å². The molecule has 1 saturated carbocycles. The lowest BCUT2D eigenvalue weighted by Crippen LogP contribution is -2.21. The maximum Gasteiger partial charge on any atom is 0.243 e. The molecule has 3 rings (SSSR count). The van der Waals surface area contributed by atoms with E-state index in [1.165, 1.54) is 25.7 Å². The molecule has 0 aromatic carbocycles. The summed E-state index contributed by atoms with van der Waals surface area (Å²) in [6.45, 7) is 5.55. The summed E-state index contributed by atoms with van der Waals surface area (Å²) in [5, 5.41) is 7.60. The van der Waals surface area contributed by atoms with Crippen LogP contribution in [0.5, 0.6) is 0 Å². The molecule has 1 aromatic heterocycles. The first-order valence-electron chi connectivity index (χ1n) is 7.67. The maximum atomic E-state index is 5.47. The minimum absolute atomic E-state index is 0.154. The quantitative estimate of drug-likeness (QED) is 0.922. The van der Waals surface area contributed by atoms with Gasteiger partial charge in [-0.25, -0.2) is 0 Å². The molecular formula is C15H25N3O2. The first-order valence-corrected chi connectivity index (χ1v) is 7.67. The number of hydrogen-bond acceptors (Lipinski definition) is 5. The maximum absolute atomic E-state index is 5.47. The average molecular weight is 279 g/mol. The predicted octanol–water partition coefficient (Wildman–Crippen LogP) is 2.80. The van der Waals surface area contributed by atoms with Crippen molar-refractivity contribution >= 4 is 0 Å². The Morgan fingerprint density at radius 1 is 1.30 bits per heavy atom. The van der Waals surface area contributed by atoms with Crippen LogP contribution in [-0.2, 0) is 4.74 Å². The summed E-state index contributed by atoms with van der Waals surface area (Å²) in [5.74, 6) is 2.10. The fourth-order valence-electron chi connectivity index (χ4n) is 3.28. The van der Waals surface area contributed by atoms with Gasteiger partial charge in [0.2, 0.25) is 5.89 Å². The van der Waals surface area contributed by atoms with E-state index < -0.39 is 0 Å². The molecule has 1 aliphatic heterocycles. The van der Waals surface area contributed by atoms with Crippen LogP contribution in [0.4, 0.5) is 0 Å². The van der Waals surface area contributed by atoms with Crippen molar-refractivity contribution in [3.8, 4) is 0 Å². The molecule has 0 bridgehead atoms. The fourth-order valence-corrected chi connectivity index (χ4v) is 3.28. The molecule has 0 amide bonds. The molecule has 1 aliphatic carbocycles. The van der Waals surface area contributed by atoms with Crippen molar-refractivity contribution in [2.24, 2.45) is 5.41 Å². The van der Waals surface area contributed by atoms with Crippen molar-refractivity contribution in [2.75, 3.05) is 13.7 Å². The molecule has 112 valence electrons. The molecule has 5 nitrogen and oxygen atoms in total. The molecular weight excluding hydrogens is 254 g/mol. The van der Waals surface area contributed by atoms with Crippen molar-refractivity contribution in [2.45, 2.75) is 64.0 Å². The second kappa shape index (κ2) is 5.45. The number of nitrogens with zero attached hydrogens (tertiary/aromatic N) is 2. The van der Waals surface area contributed by atoms with Gasteiger partial charge in [-0.05, 0) is 37.5 Å². The van der Waals surface area contributed by atoms with Gasteiger partial charge in [0.15, 0.2) is 5.82 Å². The SMILES string of the molecule is CO[C@@H]1CN[C@@H](c2nc(C3CCC(C)(C)CC3)no2)C1. The lowest BCUT2D eigenvalue weighted by molar-refractivity contribution is 0.116. The van der Waals surface area contributed by atoms with Crippen LogP contribution in [0, 0.1) is 5.41 Å². The van der Waals surface area contributed by atoms with Crippen LogP contribution in [0.1, 0.15) is 69.6 Å². The zero-order valence-corrected chi connectivity index (χ0v) is 12.7. The molecule has 1 N–H and O–H groups in total. The van der Waals surface area contributed by atoms with E-state index in [2.05, 4.69) is 29.3 Å². The molecule has 2 fully saturated rings. The largest absolute Gasteiger partial charge is 0.380 e. The molecule has 0 spiro atoms. The first kappa shape index (κ1) is 14.0. The van der Waals surface area contributed by atoms with Crippen LogP contribution in [0.25, 0.3) is 0 Å². The monoisotopic (exact) mass is 279 g/mol. The van der Waals surface area contributed by atoms with Crippen molar-refractivity contribution in [1.82, 2.24) is 15.5 Å². The number of ether oxygens (including phenoxy) is 1. The van der Waals surface area contributed by atoms with Gasteiger partial charge in [0.05, 0.1) is 12.1 Å². The highest BCUT2D eigenvalue weighted by molar-refractivity contribution is 5.03. The van der Waals surface area contributed by atoms with Gasteiger partial charge in [-0.2, -0.15) is 4.98 Å². The lowest BCUT2D eigenvalue weighted by Gasteiger charge is -2.32. The number of nitrogens with one attached hydrogen (secondary N) is 1. The molecule has 20 heavy (non-hydrogen) atoms. The molecule has 0 unspecified atom stereocenters. The van der Waals surface area contributed by atoms with E-state index in [4.69, 9.17) is 9.26 Å². The summed E-state index contributed by atoms with van der Waals surface area (Å²) >= 11 is 0. The molecule has 2 heterocycles. The third-order valence-electron chi connectivity index (χ3n) is 4.88. The van der Waals surface area contributed by atoms with Gasteiger partial charge >= 0.3 is 0 Å². The Hall–Kier alpha value is -0.940. The number of hydrogen-bond donors (Lipinski definition) is 1. The summed E-state index contributed by atoms with van der Waals surface area (Å²) in [5.41, 5.74) is 0.474. The van der Waals surface area contributed by atoms with Crippen molar-refractivity contribution in [3.05, 3.63) is 11.7 Å². The number of aromatic nitrogens is 2. The highest BCUT2D eigenvalue weighted by Crippen LogP contribution is 2.41. The van der Waals surface area contributed by atoms with Crippen LogP contribution >= 0.6 is 0 Å². The third-order valence-corrected chi connectivity index (χ3v) is 4.88. The van der Waals surface area contributed by atoms with Crippen LogP contribution in [0.2, 0.25) is 0 Å². The minimum atomic E-state index is 0.154. The van der Waals surface area contributed by atoms with Crippen LogP contribution in [0.3, 0.4) is 0 Å². The highest BCUT2D eigenvalue weighted by atomic mass is 16.5. The number of rotatable bonds is 3. The van der Waals surface area contributed by atoms with E-state index in [-0.39, 0.29) is 12.1 Å². The van der Waals surface area contributed by atoms with Crippen molar-refractivity contribution < 1.29 is 9.26 Å².